The molecule has 1 amide bonds. The predicted octanol–water partition coefficient (Wildman–Crippen LogP) is 1.33. The maximum absolute atomic E-state index is 11.9. The maximum Gasteiger partial charge on any atom is 0.251 e. The van der Waals surface area contributed by atoms with E-state index in [0.29, 0.717) is 12.4 Å². The molecule has 0 aliphatic carbocycles. The molecule has 2 aromatic rings. The smallest absolute Gasteiger partial charge is 0.251 e. The molecular formula is C14H14BrN3O3. The van der Waals surface area contributed by atoms with Crippen LogP contribution in [-0.2, 0) is 17.9 Å². The second-order valence-corrected chi connectivity index (χ2v) is 5.21. The molecule has 21 heavy (non-hydrogen) atoms. The van der Waals surface area contributed by atoms with Gasteiger partial charge in [-0.25, -0.2) is 4.98 Å². The molecule has 7 heteroatoms. The fourth-order valence-electron chi connectivity index (χ4n) is 1.71. The van der Waals surface area contributed by atoms with Crippen molar-refractivity contribution in [2.45, 2.75) is 13.1 Å². The zero-order valence-corrected chi connectivity index (χ0v) is 13.0. The van der Waals surface area contributed by atoms with Crippen LogP contribution in [-0.4, -0.2) is 22.6 Å². The van der Waals surface area contributed by atoms with Gasteiger partial charge in [-0.15, -0.1) is 0 Å². The number of aromatic nitrogens is 2. The van der Waals surface area contributed by atoms with Crippen molar-refractivity contribution in [3.63, 3.8) is 0 Å². The number of rotatable bonds is 5. The van der Waals surface area contributed by atoms with Gasteiger partial charge in [0.15, 0.2) is 0 Å². The van der Waals surface area contributed by atoms with Gasteiger partial charge in [-0.3, -0.25) is 9.59 Å². The Morgan fingerprint density at radius 2 is 2.24 bits per heavy atom. The average Bonchev–Trinajstić information content (AvgIpc) is 2.49. The van der Waals surface area contributed by atoms with Crippen LogP contribution >= 0.6 is 15.9 Å². The number of carbonyl (C=O) groups is 1. The van der Waals surface area contributed by atoms with Crippen LogP contribution < -0.4 is 15.6 Å². The summed E-state index contributed by atoms with van der Waals surface area (Å²) in [6, 6.07) is 6.57. The first-order valence-corrected chi connectivity index (χ1v) is 6.99. The summed E-state index contributed by atoms with van der Waals surface area (Å²) in [5.74, 6) is 0.246. The van der Waals surface area contributed by atoms with E-state index in [-0.39, 0.29) is 18.0 Å². The van der Waals surface area contributed by atoms with Crippen molar-refractivity contribution < 1.29 is 9.53 Å². The van der Waals surface area contributed by atoms with Crippen LogP contribution in [0.4, 0.5) is 0 Å². The first kappa shape index (κ1) is 15.2. The van der Waals surface area contributed by atoms with Gasteiger partial charge in [0.1, 0.15) is 6.54 Å². The van der Waals surface area contributed by atoms with Crippen LogP contribution in [0, 0.1) is 0 Å². The summed E-state index contributed by atoms with van der Waals surface area (Å²) in [5.41, 5.74) is 0.649. The van der Waals surface area contributed by atoms with E-state index in [1.807, 2.05) is 0 Å². The molecule has 0 saturated heterocycles. The van der Waals surface area contributed by atoms with Gasteiger partial charge < -0.3 is 14.6 Å². The molecule has 0 radical (unpaired) electrons. The molecule has 0 aromatic carbocycles. The van der Waals surface area contributed by atoms with Crippen molar-refractivity contribution in [1.82, 2.24) is 14.9 Å². The molecule has 0 atom stereocenters. The Balaban J connectivity index is 1.95. The largest absolute Gasteiger partial charge is 0.481 e. The van der Waals surface area contributed by atoms with E-state index in [1.165, 1.54) is 17.7 Å². The highest BCUT2D eigenvalue weighted by molar-refractivity contribution is 9.10. The molecule has 0 unspecified atom stereocenters. The van der Waals surface area contributed by atoms with Gasteiger partial charge in [0, 0.05) is 35.5 Å². The fourth-order valence-corrected chi connectivity index (χ4v) is 2.09. The standard InChI is InChI=1S/C14H14BrN3O3/c1-21-13-6-10(4-5-16-13)7-17-12(19)9-18-8-11(15)2-3-14(18)20/h2-6,8H,7,9H2,1H3,(H,17,19). The Kier molecular flexibility index (Phi) is 5.10. The molecule has 0 bridgehead atoms. The van der Waals surface area contributed by atoms with Crippen LogP contribution in [0.2, 0.25) is 0 Å². The Labute approximate surface area is 129 Å². The minimum absolute atomic E-state index is 0.0273. The molecular weight excluding hydrogens is 338 g/mol. The average molecular weight is 352 g/mol. The summed E-state index contributed by atoms with van der Waals surface area (Å²) in [5, 5.41) is 2.75. The Morgan fingerprint density at radius 1 is 1.43 bits per heavy atom. The minimum Gasteiger partial charge on any atom is -0.481 e. The lowest BCUT2D eigenvalue weighted by molar-refractivity contribution is -0.121. The summed E-state index contributed by atoms with van der Waals surface area (Å²) in [4.78, 5) is 27.5. The van der Waals surface area contributed by atoms with Crippen LogP contribution in [0.5, 0.6) is 5.88 Å². The summed E-state index contributed by atoms with van der Waals surface area (Å²) < 4.78 is 7.10. The normalized spacial score (nSPS) is 10.2. The molecule has 0 spiro atoms. The van der Waals surface area contributed by atoms with E-state index in [2.05, 4.69) is 26.2 Å². The fraction of sp³-hybridized carbons (Fsp3) is 0.214. The molecule has 0 saturated carbocycles. The van der Waals surface area contributed by atoms with Crippen LogP contribution in [0.25, 0.3) is 0 Å². The zero-order valence-electron chi connectivity index (χ0n) is 11.4. The third-order valence-electron chi connectivity index (χ3n) is 2.76. The van der Waals surface area contributed by atoms with Crippen LogP contribution in [0.15, 0.2) is 45.9 Å². The molecule has 2 heterocycles. The van der Waals surface area contributed by atoms with Crippen molar-refractivity contribution in [3.8, 4) is 5.88 Å². The highest BCUT2D eigenvalue weighted by Crippen LogP contribution is 2.08. The molecule has 0 aliphatic heterocycles. The molecule has 2 aromatic heterocycles. The maximum atomic E-state index is 11.9. The van der Waals surface area contributed by atoms with Crippen LogP contribution in [0.1, 0.15) is 5.56 Å². The monoisotopic (exact) mass is 351 g/mol. The second kappa shape index (κ2) is 7.03. The first-order chi connectivity index (χ1) is 10.1. The molecule has 110 valence electrons. The van der Waals surface area contributed by atoms with E-state index < -0.39 is 0 Å². The number of carbonyl (C=O) groups excluding carboxylic acids is 1. The van der Waals surface area contributed by atoms with Gasteiger partial charge in [0.2, 0.25) is 11.8 Å². The lowest BCUT2D eigenvalue weighted by Gasteiger charge is -2.08. The van der Waals surface area contributed by atoms with E-state index in [4.69, 9.17) is 4.74 Å². The minimum atomic E-state index is -0.244. The second-order valence-electron chi connectivity index (χ2n) is 4.30. The van der Waals surface area contributed by atoms with Gasteiger partial charge in [-0.1, -0.05) is 0 Å². The molecule has 1 N–H and O–H groups in total. The van der Waals surface area contributed by atoms with E-state index >= 15 is 0 Å². The number of nitrogens with zero attached hydrogens (tertiary/aromatic N) is 2. The quantitative estimate of drug-likeness (QED) is 0.881. The molecule has 2 rings (SSSR count). The van der Waals surface area contributed by atoms with E-state index in [1.54, 1.807) is 30.6 Å². The third kappa shape index (κ3) is 4.42. The number of hydrogen-bond donors (Lipinski definition) is 1. The van der Waals surface area contributed by atoms with Gasteiger partial charge >= 0.3 is 0 Å². The third-order valence-corrected chi connectivity index (χ3v) is 3.23. The highest BCUT2D eigenvalue weighted by Gasteiger charge is 2.05. The van der Waals surface area contributed by atoms with Crippen molar-refractivity contribution in [3.05, 3.63) is 57.0 Å². The van der Waals surface area contributed by atoms with Gasteiger partial charge in [0.05, 0.1) is 7.11 Å². The number of ether oxygens (including phenoxy) is 1. The predicted molar refractivity (Wildman–Crippen MR) is 81.0 cm³/mol. The Morgan fingerprint density at radius 3 is 3.00 bits per heavy atom. The summed E-state index contributed by atoms with van der Waals surface area (Å²) >= 11 is 3.27. The first-order valence-electron chi connectivity index (χ1n) is 6.20. The Hall–Kier alpha value is -2.15. The molecule has 0 fully saturated rings. The van der Waals surface area contributed by atoms with Gasteiger partial charge in [-0.2, -0.15) is 0 Å². The van der Waals surface area contributed by atoms with Crippen molar-refractivity contribution in [2.75, 3.05) is 7.11 Å². The lowest BCUT2D eigenvalue weighted by Crippen LogP contribution is -2.31. The van der Waals surface area contributed by atoms with Crippen LogP contribution in [0.3, 0.4) is 0 Å². The number of pyridine rings is 2. The number of amides is 1. The summed E-state index contributed by atoms with van der Waals surface area (Å²) in [6.45, 7) is 0.320. The SMILES string of the molecule is COc1cc(CNC(=O)Cn2cc(Br)ccc2=O)ccn1. The van der Waals surface area contributed by atoms with Crippen molar-refractivity contribution >= 4 is 21.8 Å². The zero-order chi connectivity index (χ0) is 15.2. The van der Waals surface area contributed by atoms with E-state index in [0.717, 1.165) is 10.0 Å². The number of halogens is 1. The number of methoxy groups -OCH3 is 1. The molecule has 0 aliphatic rings. The van der Waals surface area contributed by atoms with Gasteiger partial charge in [-0.05, 0) is 33.6 Å². The summed E-state index contributed by atoms with van der Waals surface area (Å²) in [6.07, 6.45) is 3.19. The van der Waals surface area contributed by atoms with E-state index in [9.17, 15) is 9.59 Å². The summed E-state index contributed by atoms with van der Waals surface area (Å²) in [7, 11) is 1.53. The highest BCUT2D eigenvalue weighted by atomic mass is 79.9. The lowest BCUT2D eigenvalue weighted by atomic mass is 10.2. The van der Waals surface area contributed by atoms with Crippen molar-refractivity contribution in [1.29, 1.82) is 0 Å². The number of hydrogen-bond acceptors (Lipinski definition) is 4. The Bertz CT molecular complexity index is 700. The van der Waals surface area contributed by atoms with Crippen molar-refractivity contribution in [2.24, 2.45) is 0 Å². The topological polar surface area (TPSA) is 73.2 Å². The molecule has 6 nitrogen and oxygen atoms in total. The number of nitrogens with one attached hydrogen (secondary N) is 1. The van der Waals surface area contributed by atoms with Gasteiger partial charge in [0.25, 0.3) is 5.56 Å².